The van der Waals surface area contributed by atoms with E-state index in [0.29, 0.717) is 11.5 Å². The lowest BCUT2D eigenvalue weighted by molar-refractivity contribution is 0.306. The lowest BCUT2D eigenvalue weighted by Gasteiger charge is -2.32. The first kappa shape index (κ1) is 20.1. The number of rotatable bonds is 6. The Bertz CT molecular complexity index is 717. The number of benzene rings is 1. The molecule has 0 radical (unpaired) electrons. The molecule has 2 rings (SSSR count). The Kier molecular flexibility index (Phi) is 6.82. The minimum atomic E-state index is -2.94. The normalized spacial score (nSPS) is 19.2. The minimum Gasteiger partial charge on any atom is -0.345 e. The van der Waals surface area contributed by atoms with Crippen LogP contribution < -0.4 is 5.32 Å². The molecule has 0 saturated carbocycles. The number of sulfone groups is 1. The molecule has 1 aliphatic heterocycles. The molecule has 1 fully saturated rings. The van der Waals surface area contributed by atoms with Gasteiger partial charge in [0, 0.05) is 18.3 Å². The van der Waals surface area contributed by atoms with Gasteiger partial charge in [0.15, 0.2) is 14.9 Å². The molecule has 5 nitrogen and oxygen atoms in total. The maximum atomic E-state index is 11.9. The van der Waals surface area contributed by atoms with Gasteiger partial charge in [-0.2, -0.15) is 0 Å². The Morgan fingerprint density at radius 3 is 2.60 bits per heavy atom. The molecule has 1 atom stereocenters. The standard InChI is InChI=1S/C18H29N3O2S2/c1-14-6-7-15(2)17(12-14)19-18(24)21(10-5-9-20(3)4)16-8-11-25(22,23)13-16/h6-7,12,16H,5,8-11,13H2,1-4H3,(H,19,24)/t16-/m1/s1. The summed E-state index contributed by atoms with van der Waals surface area (Å²) in [5, 5.41) is 3.96. The molecule has 0 spiro atoms. The van der Waals surface area contributed by atoms with E-state index in [4.69, 9.17) is 12.2 Å². The van der Waals surface area contributed by atoms with Crippen LogP contribution in [0.1, 0.15) is 24.0 Å². The molecular weight excluding hydrogens is 354 g/mol. The third-order valence-electron chi connectivity index (χ3n) is 4.55. The number of anilines is 1. The summed E-state index contributed by atoms with van der Waals surface area (Å²) < 4.78 is 23.8. The van der Waals surface area contributed by atoms with Crippen molar-refractivity contribution in [3.05, 3.63) is 29.3 Å². The van der Waals surface area contributed by atoms with Crippen molar-refractivity contribution in [3.8, 4) is 0 Å². The molecule has 1 aromatic carbocycles. The van der Waals surface area contributed by atoms with Crippen LogP contribution in [0.25, 0.3) is 0 Å². The molecule has 0 aliphatic carbocycles. The number of nitrogens with one attached hydrogen (secondary N) is 1. The smallest absolute Gasteiger partial charge is 0.173 e. The highest BCUT2D eigenvalue weighted by molar-refractivity contribution is 7.91. The highest BCUT2D eigenvalue weighted by Crippen LogP contribution is 2.21. The number of thiocarbonyl (C=S) groups is 1. The topological polar surface area (TPSA) is 52.6 Å². The molecule has 0 amide bonds. The van der Waals surface area contributed by atoms with Gasteiger partial charge in [0.25, 0.3) is 0 Å². The summed E-state index contributed by atoms with van der Waals surface area (Å²) in [6, 6.07) is 6.18. The van der Waals surface area contributed by atoms with Gasteiger partial charge in [0.05, 0.1) is 11.5 Å². The Balaban J connectivity index is 2.12. The lowest BCUT2D eigenvalue weighted by atomic mass is 10.1. The number of hydrogen-bond acceptors (Lipinski definition) is 4. The van der Waals surface area contributed by atoms with E-state index < -0.39 is 9.84 Å². The predicted molar refractivity (Wildman–Crippen MR) is 109 cm³/mol. The summed E-state index contributed by atoms with van der Waals surface area (Å²) in [7, 11) is 1.13. The largest absolute Gasteiger partial charge is 0.345 e. The van der Waals surface area contributed by atoms with Crippen molar-refractivity contribution in [3.63, 3.8) is 0 Å². The van der Waals surface area contributed by atoms with Crippen molar-refractivity contribution in [2.45, 2.75) is 32.7 Å². The summed E-state index contributed by atoms with van der Waals surface area (Å²) in [5.74, 6) is 0.456. The maximum Gasteiger partial charge on any atom is 0.173 e. The Morgan fingerprint density at radius 2 is 2.00 bits per heavy atom. The van der Waals surface area contributed by atoms with E-state index in [2.05, 4.69) is 33.3 Å². The van der Waals surface area contributed by atoms with Crippen molar-refractivity contribution >= 4 is 32.9 Å². The van der Waals surface area contributed by atoms with E-state index >= 15 is 0 Å². The van der Waals surface area contributed by atoms with Crippen molar-refractivity contribution < 1.29 is 8.42 Å². The van der Waals surface area contributed by atoms with Crippen molar-refractivity contribution in [1.29, 1.82) is 0 Å². The summed E-state index contributed by atoms with van der Waals surface area (Å²) in [6.45, 7) is 5.80. The average molecular weight is 384 g/mol. The van der Waals surface area contributed by atoms with E-state index in [9.17, 15) is 8.42 Å². The first-order valence-electron chi connectivity index (χ1n) is 8.68. The number of nitrogens with zero attached hydrogens (tertiary/aromatic N) is 2. The van der Waals surface area contributed by atoms with Gasteiger partial charge >= 0.3 is 0 Å². The fourth-order valence-corrected chi connectivity index (χ4v) is 5.17. The van der Waals surface area contributed by atoms with Gasteiger partial charge in [-0.15, -0.1) is 0 Å². The molecule has 25 heavy (non-hydrogen) atoms. The van der Waals surface area contributed by atoms with Crippen LogP contribution in [0.15, 0.2) is 18.2 Å². The number of hydrogen-bond donors (Lipinski definition) is 1. The van der Waals surface area contributed by atoms with Crippen molar-refractivity contribution in [1.82, 2.24) is 9.80 Å². The molecule has 0 aromatic heterocycles. The first-order valence-corrected chi connectivity index (χ1v) is 10.9. The average Bonchev–Trinajstić information content (AvgIpc) is 2.86. The third kappa shape index (κ3) is 5.94. The minimum absolute atomic E-state index is 0.0303. The van der Waals surface area contributed by atoms with Crippen LogP contribution >= 0.6 is 12.2 Å². The number of aryl methyl sites for hydroxylation is 2. The molecule has 1 aromatic rings. The van der Waals surface area contributed by atoms with Crippen LogP contribution in [0.3, 0.4) is 0 Å². The van der Waals surface area contributed by atoms with Crippen LogP contribution in [-0.2, 0) is 9.84 Å². The molecular formula is C18H29N3O2S2. The highest BCUT2D eigenvalue weighted by atomic mass is 32.2. The third-order valence-corrected chi connectivity index (χ3v) is 6.64. The molecule has 0 unspecified atom stereocenters. The summed E-state index contributed by atoms with van der Waals surface area (Å²) in [5.41, 5.74) is 3.28. The highest BCUT2D eigenvalue weighted by Gasteiger charge is 2.33. The van der Waals surface area contributed by atoms with Gasteiger partial charge in [-0.25, -0.2) is 8.42 Å². The van der Waals surface area contributed by atoms with Gasteiger partial charge in [-0.1, -0.05) is 12.1 Å². The zero-order valence-electron chi connectivity index (χ0n) is 15.6. The molecule has 1 aliphatic rings. The van der Waals surface area contributed by atoms with Gasteiger partial charge in [0.1, 0.15) is 0 Å². The Morgan fingerprint density at radius 1 is 1.28 bits per heavy atom. The fourth-order valence-electron chi connectivity index (χ4n) is 3.09. The van der Waals surface area contributed by atoms with Crippen molar-refractivity contribution in [2.75, 3.05) is 44.0 Å². The van der Waals surface area contributed by atoms with E-state index in [1.807, 2.05) is 27.9 Å². The second-order valence-electron chi connectivity index (χ2n) is 7.16. The molecule has 0 bridgehead atoms. The van der Waals surface area contributed by atoms with E-state index in [1.165, 1.54) is 5.56 Å². The predicted octanol–water partition coefficient (Wildman–Crippen LogP) is 2.44. The summed E-state index contributed by atoms with van der Waals surface area (Å²) in [6.07, 6.45) is 1.59. The SMILES string of the molecule is Cc1ccc(C)c(NC(=S)N(CCCN(C)C)[C@@H]2CCS(=O)(=O)C2)c1. The zero-order chi connectivity index (χ0) is 18.6. The van der Waals surface area contributed by atoms with Crippen molar-refractivity contribution in [2.24, 2.45) is 0 Å². The van der Waals surface area contributed by atoms with E-state index in [0.717, 1.165) is 30.8 Å². The van der Waals surface area contributed by atoms with Crippen LogP contribution in [0.5, 0.6) is 0 Å². The van der Waals surface area contributed by atoms with E-state index in [1.54, 1.807) is 0 Å². The lowest BCUT2D eigenvalue weighted by Crippen LogP contribution is -2.44. The van der Waals surface area contributed by atoms with Gasteiger partial charge < -0.3 is 15.1 Å². The Hall–Kier alpha value is -1.18. The zero-order valence-corrected chi connectivity index (χ0v) is 17.2. The van der Waals surface area contributed by atoms with Crippen LogP contribution in [-0.4, -0.2) is 68.1 Å². The summed E-state index contributed by atoms with van der Waals surface area (Å²) in [4.78, 5) is 4.20. The van der Waals surface area contributed by atoms with E-state index in [-0.39, 0.29) is 17.5 Å². The van der Waals surface area contributed by atoms with Gasteiger partial charge in [0.2, 0.25) is 0 Å². The van der Waals surface area contributed by atoms with Gasteiger partial charge in [-0.3, -0.25) is 0 Å². The molecule has 1 saturated heterocycles. The maximum absolute atomic E-state index is 11.9. The fraction of sp³-hybridized carbons (Fsp3) is 0.611. The molecule has 140 valence electrons. The van der Waals surface area contributed by atoms with Gasteiger partial charge in [-0.05, 0) is 76.7 Å². The van der Waals surface area contributed by atoms with Crippen LogP contribution in [0.2, 0.25) is 0 Å². The molecule has 1 heterocycles. The first-order chi connectivity index (χ1) is 11.7. The summed E-state index contributed by atoms with van der Waals surface area (Å²) >= 11 is 5.66. The molecule has 1 N–H and O–H groups in total. The second kappa shape index (κ2) is 8.47. The van der Waals surface area contributed by atoms with Crippen LogP contribution in [0.4, 0.5) is 5.69 Å². The van der Waals surface area contributed by atoms with Crippen LogP contribution in [0, 0.1) is 13.8 Å². The Labute approximate surface area is 157 Å². The second-order valence-corrected chi connectivity index (χ2v) is 9.77. The molecule has 7 heteroatoms. The quantitative estimate of drug-likeness (QED) is 0.762. The monoisotopic (exact) mass is 383 g/mol.